The average Bonchev–Trinajstić information content (AvgIpc) is 1.63. The van der Waals surface area contributed by atoms with Crippen molar-refractivity contribution in [1.82, 2.24) is 0 Å². The number of nitrogens with zero attached hydrogens (tertiary/aromatic N) is 1. The zero-order chi connectivity index (χ0) is 7.33. The SMILES string of the molecule is N#CCCOP(=O)(O)O.[BaH2]. The van der Waals surface area contributed by atoms with E-state index in [2.05, 4.69) is 4.52 Å². The predicted octanol–water partition coefficient (Wildman–Crippen LogP) is -0.907. The molecule has 0 aromatic rings. The Hall–Kier alpha value is 1.17. The molecule has 5 nitrogen and oxygen atoms in total. The van der Waals surface area contributed by atoms with Crippen LogP contribution in [0.2, 0.25) is 0 Å². The van der Waals surface area contributed by atoms with Gasteiger partial charge >= 0.3 is 56.7 Å². The van der Waals surface area contributed by atoms with Crippen LogP contribution in [0, 0.1) is 11.3 Å². The van der Waals surface area contributed by atoms with Crippen LogP contribution in [0.4, 0.5) is 0 Å². The van der Waals surface area contributed by atoms with Gasteiger partial charge in [0.1, 0.15) is 0 Å². The van der Waals surface area contributed by atoms with Gasteiger partial charge in [-0.1, -0.05) is 0 Å². The number of phosphoric acid groups is 1. The third kappa shape index (κ3) is 11.9. The molecule has 0 radical (unpaired) electrons. The molecule has 0 aliphatic heterocycles. The summed E-state index contributed by atoms with van der Waals surface area (Å²) in [5, 5.41) is 7.88. The Balaban J connectivity index is 0. The molecule has 0 aliphatic rings. The van der Waals surface area contributed by atoms with Crippen molar-refractivity contribution in [3.05, 3.63) is 0 Å². The molecule has 0 fully saturated rings. The zero-order valence-corrected chi connectivity index (χ0v) is 5.41. The van der Waals surface area contributed by atoms with Gasteiger partial charge in [-0.15, -0.1) is 0 Å². The molecule has 0 saturated heterocycles. The normalized spacial score (nSPS) is 9.70. The van der Waals surface area contributed by atoms with Crippen molar-refractivity contribution in [2.24, 2.45) is 0 Å². The first-order valence-corrected chi connectivity index (χ1v) is 3.66. The number of hydrogen-bond donors (Lipinski definition) is 2. The third-order valence-electron chi connectivity index (χ3n) is 0.473. The van der Waals surface area contributed by atoms with E-state index in [1.54, 1.807) is 6.07 Å². The fourth-order valence-electron chi connectivity index (χ4n) is 0.210. The molecule has 0 rings (SSSR count). The molecule has 10 heavy (non-hydrogen) atoms. The molecule has 0 atom stereocenters. The first-order chi connectivity index (χ1) is 4.06. The van der Waals surface area contributed by atoms with Gasteiger partial charge in [0.15, 0.2) is 0 Å². The van der Waals surface area contributed by atoms with Crippen LogP contribution in [0.1, 0.15) is 6.42 Å². The minimum absolute atomic E-state index is 0. The molecular formula is C3H8BaNO4P. The van der Waals surface area contributed by atoms with Gasteiger partial charge in [0.05, 0.1) is 19.1 Å². The van der Waals surface area contributed by atoms with Crippen LogP contribution >= 0.6 is 7.82 Å². The summed E-state index contributed by atoms with van der Waals surface area (Å²) in [6.45, 7) is -0.221. The second kappa shape index (κ2) is 6.86. The Morgan fingerprint density at radius 1 is 1.60 bits per heavy atom. The molecule has 0 bridgehead atoms. The standard InChI is InChI=1S/C3H6NO4P.Ba.2H/c4-2-1-3-8-9(5,6)7;;;/h1,3H2,(H2,5,6,7);;;. The van der Waals surface area contributed by atoms with Crippen molar-refractivity contribution in [3.63, 3.8) is 0 Å². The third-order valence-corrected chi connectivity index (χ3v) is 0.992. The van der Waals surface area contributed by atoms with E-state index in [9.17, 15) is 4.57 Å². The van der Waals surface area contributed by atoms with Gasteiger partial charge in [0.25, 0.3) is 0 Å². The fraction of sp³-hybridized carbons (Fsp3) is 0.667. The fourth-order valence-corrected chi connectivity index (χ4v) is 0.539. The first-order valence-electron chi connectivity index (χ1n) is 2.13. The maximum absolute atomic E-state index is 9.87. The van der Waals surface area contributed by atoms with Crippen LogP contribution in [0.25, 0.3) is 0 Å². The topological polar surface area (TPSA) is 90.5 Å². The second-order valence-electron chi connectivity index (χ2n) is 1.23. The molecule has 0 amide bonds. The summed E-state index contributed by atoms with van der Waals surface area (Å²) in [4.78, 5) is 16.0. The zero-order valence-electron chi connectivity index (χ0n) is 4.52. The Morgan fingerprint density at radius 2 is 2.10 bits per heavy atom. The van der Waals surface area contributed by atoms with Crippen LogP contribution < -0.4 is 0 Å². The number of rotatable bonds is 3. The predicted molar refractivity (Wildman–Crippen MR) is 36.8 cm³/mol. The van der Waals surface area contributed by atoms with Gasteiger partial charge in [-0.2, -0.15) is 5.26 Å². The van der Waals surface area contributed by atoms with E-state index in [4.69, 9.17) is 15.0 Å². The maximum atomic E-state index is 9.87. The Labute approximate surface area is 98.7 Å². The Kier molecular flexibility index (Phi) is 9.42. The molecule has 7 heteroatoms. The first kappa shape index (κ1) is 13.7. The van der Waals surface area contributed by atoms with Crippen molar-refractivity contribution < 1.29 is 18.9 Å². The molecule has 0 saturated carbocycles. The summed E-state index contributed by atoms with van der Waals surface area (Å²) in [5.41, 5.74) is 0. The summed E-state index contributed by atoms with van der Waals surface area (Å²) in [6.07, 6.45) is -0.00882. The van der Waals surface area contributed by atoms with Gasteiger partial charge in [-0.3, -0.25) is 4.52 Å². The average molecular weight is 290 g/mol. The van der Waals surface area contributed by atoms with Crippen molar-refractivity contribution in [2.75, 3.05) is 6.61 Å². The van der Waals surface area contributed by atoms with E-state index >= 15 is 0 Å². The van der Waals surface area contributed by atoms with Crippen LogP contribution in [0.15, 0.2) is 0 Å². The van der Waals surface area contributed by atoms with Gasteiger partial charge in [0.2, 0.25) is 0 Å². The van der Waals surface area contributed by atoms with Crippen molar-refractivity contribution in [3.8, 4) is 6.07 Å². The minimum atomic E-state index is -4.35. The van der Waals surface area contributed by atoms with Gasteiger partial charge in [-0.05, 0) is 0 Å². The monoisotopic (exact) mass is 291 g/mol. The van der Waals surface area contributed by atoms with Gasteiger partial charge in [-0.25, -0.2) is 4.57 Å². The van der Waals surface area contributed by atoms with Gasteiger partial charge in [0, 0.05) is 0 Å². The Morgan fingerprint density at radius 3 is 2.40 bits per heavy atom. The summed E-state index contributed by atoms with van der Waals surface area (Å²) < 4.78 is 13.8. The summed E-state index contributed by atoms with van der Waals surface area (Å²) in [5.74, 6) is 0. The molecule has 0 aliphatic carbocycles. The van der Waals surface area contributed by atoms with E-state index in [0.717, 1.165) is 0 Å². The van der Waals surface area contributed by atoms with Gasteiger partial charge < -0.3 is 9.79 Å². The second-order valence-corrected chi connectivity index (χ2v) is 2.47. The Bertz CT molecular complexity index is 160. The summed E-state index contributed by atoms with van der Waals surface area (Å²) >= 11 is 0. The number of nitriles is 1. The quantitative estimate of drug-likeness (QED) is 0.399. The summed E-state index contributed by atoms with van der Waals surface area (Å²) in [6, 6.07) is 1.67. The van der Waals surface area contributed by atoms with Crippen LogP contribution in [0.5, 0.6) is 0 Å². The van der Waals surface area contributed by atoms with Crippen LogP contribution in [0.3, 0.4) is 0 Å². The van der Waals surface area contributed by atoms with Crippen LogP contribution in [-0.2, 0) is 9.09 Å². The van der Waals surface area contributed by atoms with E-state index in [1.807, 2.05) is 0 Å². The number of hydrogen-bond acceptors (Lipinski definition) is 3. The van der Waals surface area contributed by atoms with Crippen molar-refractivity contribution in [2.45, 2.75) is 6.42 Å². The van der Waals surface area contributed by atoms with Crippen LogP contribution in [-0.4, -0.2) is 65.3 Å². The van der Waals surface area contributed by atoms with E-state index in [1.165, 1.54) is 0 Å². The molecular weight excluding hydrogens is 282 g/mol. The van der Waals surface area contributed by atoms with E-state index < -0.39 is 7.82 Å². The molecule has 0 spiro atoms. The van der Waals surface area contributed by atoms with Crippen molar-refractivity contribution >= 4 is 56.7 Å². The van der Waals surface area contributed by atoms with E-state index in [0.29, 0.717) is 0 Å². The molecule has 0 unspecified atom stereocenters. The molecule has 2 N–H and O–H groups in total. The number of phosphoric ester groups is 1. The molecule has 56 valence electrons. The molecule has 0 aromatic carbocycles. The molecule has 0 aromatic heterocycles. The molecule has 0 heterocycles. The van der Waals surface area contributed by atoms with E-state index in [-0.39, 0.29) is 61.9 Å². The van der Waals surface area contributed by atoms with Crippen molar-refractivity contribution in [1.29, 1.82) is 5.26 Å². The summed E-state index contributed by atoms with van der Waals surface area (Å²) in [7, 11) is -4.35.